The molecule has 1 aromatic heterocycles. The van der Waals surface area contributed by atoms with Gasteiger partial charge in [0.05, 0.1) is 0 Å². The maximum atomic E-state index is 11.5. The average Bonchev–Trinajstić information content (AvgIpc) is 2.31. The number of Topliss-reactive ketones (excluding diaryl/α,β-unsaturated/α-hetero) is 1. The average molecular weight is 165 g/mol. The quantitative estimate of drug-likeness (QED) is 0.629. The number of rotatable bonds is 2. The second-order valence-corrected chi connectivity index (χ2v) is 3.24. The van der Waals surface area contributed by atoms with Crippen molar-refractivity contribution in [3.05, 3.63) is 17.8 Å². The monoisotopic (exact) mass is 165 g/mol. The topological polar surface area (TPSA) is 43.1 Å². The lowest BCUT2D eigenvalue weighted by atomic mass is 9.81. The lowest BCUT2D eigenvalue weighted by molar-refractivity contribution is 0.0850. The first-order valence-electron chi connectivity index (χ1n) is 4.24. The first-order valence-corrected chi connectivity index (χ1v) is 4.24. The Labute approximate surface area is 70.8 Å². The van der Waals surface area contributed by atoms with Crippen LogP contribution in [-0.4, -0.2) is 10.8 Å². The minimum atomic E-state index is 0.151. The van der Waals surface area contributed by atoms with E-state index < -0.39 is 0 Å². The van der Waals surface area contributed by atoms with Gasteiger partial charge in [0.2, 0.25) is 0 Å². The van der Waals surface area contributed by atoms with E-state index >= 15 is 0 Å². The predicted octanol–water partition coefficient (Wildman–Crippen LogP) is 1.97. The van der Waals surface area contributed by atoms with Crippen LogP contribution >= 0.6 is 0 Å². The van der Waals surface area contributed by atoms with Crippen molar-refractivity contribution < 1.29 is 9.21 Å². The number of hydrogen-bond donors (Lipinski definition) is 0. The second kappa shape index (κ2) is 2.73. The predicted molar refractivity (Wildman–Crippen MR) is 42.9 cm³/mol. The summed E-state index contributed by atoms with van der Waals surface area (Å²) in [6, 6.07) is 0. The third-order valence-electron chi connectivity index (χ3n) is 2.35. The summed E-state index contributed by atoms with van der Waals surface area (Å²) in [5, 5.41) is 0. The molecular weight excluding hydrogens is 154 g/mol. The van der Waals surface area contributed by atoms with Crippen LogP contribution in [0.5, 0.6) is 0 Å². The van der Waals surface area contributed by atoms with Crippen LogP contribution < -0.4 is 0 Å². The van der Waals surface area contributed by atoms with Gasteiger partial charge in [-0.15, -0.1) is 0 Å². The molecule has 1 heterocycles. The number of hydrogen-bond acceptors (Lipinski definition) is 3. The van der Waals surface area contributed by atoms with E-state index in [0.717, 1.165) is 12.8 Å². The molecular formula is C9H11NO2. The maximum absolute atomic E-state index is 11.5. The summed E-state index contributed by atoms with van der Waals surface area (Å²) in [5.74, 6) is 0.935. The fourth-order valence-corrected chi connectivity index (χ4v) is 1.36. The Morgan fingerprint density at radius 2 is 2.42 bits per heavy atom. The molecule has 1 saturated carbocycles. The van der Waals surface area contributed by atoms with Crippen molar-refractivity contribution in [2.45, 2.75) is 26.2 Å². The lowest BCUT2D eigenvalue weighted by Crippen LogP contribution is -2.22. The number of oxazole rings is 1. The van der Waals surface area contributed by atoms with Crippen molar-refractivity contribution in [3.63, 3.8) is 0 Å². The highest BCUT2D eigenvalue weighted by molar-refractivity contribution is 5.96. The highest BCUT2D eigenvalue weighted by Crippen LogP contribution is 2.29. The van der Waals surface area contributed by atoms with E-state index in [2.05, 4.69) is 4.98 Å². The van der Waals surface area contributed by atoms with Crippen molar-refractivity contribution in [3.8, 4) is 0 Å². The van der Waals surface area contributed by atoms with Crippen LogP contribution in [0.2, 0.25) is 0 Å². The first kappa shape index (κ1) is 7.53. The SMILES string of the molecule is Cc1nc(C(=O)C2CCC2)co1. The molecule has 0 saturated heterocycles. The van der Waals surface area contributed by atoms with Gasteiger partial charge >= 0.3 is 0 Å². The van der Waals surface area contributed by atoms with Crippen LogP contribution in [0.1, 0.15) is 35.6 Å². The molecule has 3 nitrogen and oxygen atoms in total. The Kier molecular flexibility index (Phi) is 1.71. The summed E-state index contributed by atoms with van der Waals surface area (Å²) < 4.78 is 4.97. The van der Waals surface area contributed by atoms with Gasteiger partial charge in [0, 0.05) is 12.8 Å². The minimum absolute atomic E-state index is 0.151. The maximum Gasteiger partial charge on any atom is 0.191 e. The van der Waals surface area contributed by atoms with Gasteiger partial charge in [-0.05, 0) is 12.8 Å². The van der Waals surface area contributed by atoms with Gasteiger partial charge in [0.15, 0.2) is 11.7 Å². The Morgan fingerprint density at radius 3 is 2.83 bits per heavy atom. The Balaban J connectivity index is 2.13. The van der Waals surface area contributed by atoms with Crippen LogP contribution in [-0.2, 0) is 0 Å². The van der Waals surface area contributed by atoms with E-state index in [1.165, 1.54) is 12.7 Å². The zero-order valence-electron chi connectivity index (χ0n) is 7.04. The smallest absolute Gasteiger partial charge is 0.191 e. The van der Waals surface area contributed by atoms with Gasteiger partial charge < -0.3 is 4.42 Å². The second-order valence-electron chi connectivity index (χ2n) is 3.24. The molecule has 1 fully saturated rings. The Bertz CT molecular complexity index is 299. The fraction of sp³-hybridized carbons (Fsp3) is 0.556. The first-order chi connectivity index (χ1) is 5.77. The molecule has 0 radical (unpaired) electrons. The van der Waals surface area contributed by atoms with Crippen molar-refractivity contribution in [1.29, 1.82) is 0 Å². The highest BCUT2D eigenvalue weighted by atomic mass is 16.3. The van der Waals surface area contributed by atoms with Crippen molar-refractivity contribution in [2.75, 3.05) is 0 Å². The summed E-state index contributed by atoms with van der Waals surface area (Å²) >= 11 is 0. The van der Waals surface area contributed by atoms with Crippen LogP contribution in [0.25, 0.3) is 0 Å². The van der Waals surface area contributed by atoms with Gasteiger partial charge in [-0.25, -0.2) is 4.98 Å². The standard InChI is InChI=1S/C9H11NO2/c1-6-10-8(5-12-6)9(11)7-3-2-4-7/h5,7H,2-4H2,1H3. The molecule has 0 bridgehead atoms. The molecule has 3 heteroatoms. The van der Waals surface area contributed by atoms with Gasteiger partial charge in [0.25, 0.3) is 0 Å². The molecule has 0 N–H and O–H groups in total. The van der Waals surface area contributed by atoms with Crippen molar-refractivity contribution in [2.24, 2.45) is 5.92 Å². The largest absolute Gasteiger partial charge is 0.449 e. The molecule has 12 heavy (non-hydrogen) atoms. The van der Waals surface area contributed by atoms with E-state index in [-0.39, 0.29) is 11.7 Å². The number of nitrogens with zero attached hydrogens (tertiary/aromatic N) is 1. The molecule has 1 aromatic rings. The summed E-state index contributed by atoms with van der Waals surface area (Å²) in [4.78, 5) is 15.5. The number of carbonyl (C=O) groups excluding carboxylic acids is 1. The van der Waals surface area contributed by atoms with Crippen molar-refractivity contribution in [1.82, 2.24) is 4.98 Å². The number of aryl methyl sites for hydroxylation is 1. The van der Waals surface area contributed by atoms with Crippen LogP contribution in [0.15, 0.2) is 10.7 Å². The van der Waals surface area contributed by atoms with Crippen molar-refractivity contribution >= 4 is 5.78 Å². The molecule has 0 unspecified atom stereocenters. The van der Waals surface area contributed by atoms with Gasteiger partial charge in [0.1, 0.15) is 12.0 Å². The van der Waals surface area contributed by atoms with Crippen LogP contribution in [0, 0.1) is 12.8 Å². The summed E-state index contributed by atoms with van der Waals surface area (Å²) in [6.45, 7) is 1.75. The van der Waals surface area contributed by atoms with E-state index in [1.54, 1.807) is 6.92 Å². The molecule has 1 aliphatic rings. The molecule has 0 atom stereocenters. The number of carbonyl (C=O) groups is 1. The van der Waals surface area contributed by atoms with E-state index in [9.17, 15) is 4.79 Å². The normalized spacial score (nSPS) is 17.4. The molecule has 0 aromatic carbocycles. The molecule has 1 aliphatic carbocycles. The highest BCUT2D eigenvalue weighted by Gasteiger charge is 2.27. The number of aromatic nitrogens is 1. The Morgan fingerprint density at radius 1 is 1.67 bits per heavy atom. The molecule has 0 aliphatic heterocycles. The summed E-state index contributed by atoms with van der Waals surface area (Å²) in [7, 11) is 0. The van der Waals surface area contributed by atoms with Gasteiger partial charge in [-0.2, -0.15) is 0 Å². The fourth-order valence-electron chi connectivity index (χ4n) is 1.36. The third-order valence-corrected chi connectivity index (χ3v) is 2.35. The summed E-state index contributed by atoms with van der Waals surface area (Å²) in [6.07, 6.45) is 4.67. The van der Waals surface area contributed by atoms with E-state index in [0.29, 0.717) is 11.6 Å². The molecule has 64 valence electrons. The third kappa shape index (κ3) is 1.15. The summed E-state index contributed by atoms with van der Waals surface area (Å²) in [5.41, 5.74) is 0.497. The van der Waals surface area contributed by atoms with E-state index in [1.807, 2.05) is 0 Å². The Hall–Kier alpha value is -1.12. The van der Waals surface area contributed by atoms with Crippen LogP contribution in [0.3, 0.4) is 0 Å². The molecule has 0 spiro atoms. The zero-order valence-corrected chi connectivity index (χ0v) is 7.04. The minimum Gasteiger partial charge on any atom is -0.449 e. The molecule has 0 amide bonds. The zero-order chi connectivity index (χ0) is 8.55. The lowest BCUT2D eigenvalue weighted by Gasteiger charge is -2.22. The van der Waals surface area contributed by atoms with Gasteiger partial charge in [-0.1, -0.05) is 6.42 Å². The van der Waals surface area contributed by atoms with E-state index in [4.69, 9.17) is 4.42 Å². The van der Waals surface area contributed by atoms with Gasteiger partial charge in [-0.3, -0.25) is 4.79 Å². The number of ketones is 1. The molecule has 2 rings (SSSR count). The van der Waals surface area contributed by atoms with Crippen LogP contribution in [0.4, 0.5) is 0 Å².